The maximum absolute atomic E-state index is 10.7. The Kier molecular flexibility index (Phi) is 24.9. The smallest absolute Gasteiger partial charge is 0.267 e. The molecule has 0 aliphatic carbocycles. The van der Waals surface area contributed by atoms with E-state index in [-0.39, 0.29) is 0 Å². The van der Waals surface area contributed by atoms with Gasteiger partial charge in [-0.3, -0.25) is 4.55 Å². The molecule has 200 valence electrons. The molecule has 0 fully saturated rings. The molecular weight excluding hydrogens is 432 g/mol. The number of unbranched alkanes of at least 4 members (excludes halogenated alkanes) is 23. The van der Waals surface area contributed by atoms with Crippen LogP contribution in [0.5, 0.6) is 0 Å². The van der Waals surface area contributed by atoms with Crippen LogP contribution < -0.4 is 0 Å². The summed E-state index contributed by atoms with van der Waals surface area (Å²) in [7, 11) is -4.05. The summed E-state index contributed by atoms with van der Waals surface area (Å²) in [6, 6.07) is 0. The van der Waals surface area contributed by atoms with Crippen molar-refractivity contribution >= 4 is 10.1 Å². The molecule has 0 aromatic heterocycles. The summed E-state index contributed by atoms with van der Waals surface area (Å²) in [6.45, 7) is 2.29. The van der Waals surface area contributed by atoms with Crippen molar-refractivity contribution in [2.75, 3.05) is 5.75 Å². The Hall–Kier alpha value is -0.130. The highest BCUT2D eigenvalue weighted by molar-refractivity contribution is 7.85. The molecule has 0 saturated heterocycles. The first-order chi connectivity index (χ1) is 16.0. The molecular formula is C28H58O4S. The van der Waals surface area contributed by atoms with E-state index in [9.17, 15) is 13.5 Å². The maximum atomic E-state index is 10.7. The molecule has 33 heavy (non-hydrogen) atoms. The monoisotopic (exact) mass is 490 g/mol. The zero-order valence-corrected chi connectivity index (χ0v) is 22.9. The van der Waals surface area contributed by atoms with E-state index in [4.69, 9.17) is 4.55 Å². The van der Waals surface area contributed by atoms with Crippen LogP contribution >= 0.6 is 0 Å². The number of aliphatic hydroxyl groups is 1. The standard InChI is InChI=1S/C28H58O4S/c1-2-3-4-5-6-7-8-9-10-11-12-13-14-15-16-17-18-19-20-21-22-23-24-25-26-28(29)27-33(30,31)32/h28-29H,2-27H2,1H3,(H,30,31,32). The van der Waals surface area contributed by atoms with Crippen molar-refractivity contribution in [3.05, 3.63) is 0 Å². The number of aliphatic hydroxyl groups excluding tert-OH is 1. The first kappa shape index (κ1) is 32.9. The zero-order valence-electron chi connectivity index (χ0n) is 22.1. The Balaban J connectivity index is 3.10. The van der Waals surface area contributed by atoms with Gasteiger partial charge in [0.05, 0.1) is 6.10 Å². The lowest BCUT2D eigenvalue weighted by Crippen LogP contribution is -2.19. The molecule has 0 aromatic rings. The van der Waals surface area contributed by atoms with E-state index in [1.807, 2.05) is 0 Å². The molecule has 5 heteroatoms. The van der Waals surface area contributed by atoms with Gasteiger partial charge in [0.15, 0.2) is 0 Å². The minimum atomic E-state index is -4.05. The second-order valence-electron chi connectivity index (χ2n) is 10.3. The Bertz CT molecular complexity index is 478. The average molecular weight is 491 g/mol. The van der Waals surface area contributed by atoms with Crippen LogP contribution in [0.25, 0.3) is 0 Å². The summed E-state index contributed by atoms with van der Waals surface area (Å²) in [4.78, 5) is 0. The third-order valence-electron chi connectivity index (χ3n) is 6.79. The number of hydrogen-bond acceptors (Lipinski definition) is 3. The van der Waals surface area contributed by atoms with Crippen molar-refractivity contribution in [1.82, 2.24) is 0 Å². The SMILES string of the molecule is CCCCCCCCCCCCCCCCCCCCCCCCCCC(O)CS(=O)(=O)O. The maximum Gasteiger partial charge on any atom is 0.267 e. The molecule has 0 bridgehead atoms. The lowest BCUT2D eigenvalue weighted by atomic mass is 10.0. The van der Waals surface area contributed by atoms with Crippen molar-refractivity contribution < 1.29 is 18.1 Å². The Morgan fingerprint density at radius 1 is 0.485 bits per heavy atom. The fourth-order valence-corrected chi connectivity index (χ4v) is 5.32. The largest absolute Gasteiger partial charge is 0.392 e. The normalized spacial score (nSPS) is 12.9. The van der Waals surface area contributed by atoms with E-state index in [2.05, 4.69) is 6.92 Å². The fraction of sp³-hybridized carbons (Fsp3) is 1.00. The number of hydrogen-bond donors (Lipinski definition) is 2. The van der Waals surface area contributed by atoms with Crippen molar-refractivity contribution in [3.63, 3.8) is 0 Å². The molecule has 1 unspecified atom stereocenters. The Labute approximate surface area is 207 Å². The highest BCUT2D eigenvalue weighted by atomic mass is 32.2. The predicted molar refractivity (Wildman–Crippen MR) is 144 cm³/mol. The van der Waals surface area contributed by atoms with Crippen LogP contribution in [0.3, 0.4) is 0 Å². The molecule has 0 aromatic carbocycles. The molecule has 2 N–H and O–H groups in total. The van der Waals surface area contributed by atoms with Crippen LogP contribution in [0.4, 0.5) is 0 Å². The second-order valence-corrected chi connectivity index (χ2v) is 11.8. The molecule has 0 spiro atoms. The summed E-state index contributed by atoms with van der Waals surface area (Å²) in [5.74, 6) is -0.535. The van der Waals surface area contributed by atoms with E-state index < -0.39 is 22.0 Å². The predicted octanol–water partition coefficient (Wildman–Crippen LogP) is 9.01. The molecule has 0 saturated carbocycles. The van der Waals surface area contributed by atoms with Gasteiger partial charge in [-0.25, -0.2) is 0 Å². The van der Waals surface area contributed by atoms with E-state index in [0.717, 1.165) is 19.3 Å². The van der Waals surface area contributed by atoms with Gasteiger partial charge in [0.1, 0.15) is 5.75 Å². The zero-order chi connectivity index (χ0) is 24.5. The van der Waals surface area contributed by atoms with E-state index in [1.165, 1.54) is 135 Å². The molecule has 1 atom stereocenters. The van der Waals surface area contributed by atoms with Crippen molar-refractivity contribution in [2.24, 2.45) is 0 Å². The molecule has 0 heterocycles. The average Bonchev–Trinajstić information content (AvgIpc) is 2.75. The van der Waals surface area contributed by atoms with Crippen LogP contribution in [0.1, 0.15) is 167 Å². The Morgan fingerprint density at radius 2 is 0.727 bits per heavy atom. The first-order valence-electron chi connectivity index (χ1n) is 14.6. The molecule has 4 nitrogen and oxygen atoms in total. The summed E-state index contributed by atoms with van der Waals surface area (Å²) in [6.07, 6.45) is 32.0. The topological polar surface area (TPSA) is 74.6 Å². The van der Waals surface area contributed by atoms with Crippen LogP contribution in [-0.4, -0.2) is 29.9 Å². The van der Waals surface area contributed by atoms with Gasteiger partial charge in [0.2, 0.25) is 0 Å². The summed E-state index contributed by atoms with van der Waals surface area (Å²) >= 11 is 0. The van der Waals surface area contributed by atoms with Gasteiger partial charge in [-0.2, -0.15) is 8.42 Å². The van der Waals surface area contributed by atoms with Crippen molar-refractivity contribution in [2.45, 2.75) is 174 Å². The molecule has 0 radical (unpaired) electrons. The van der Waals surface area contributed by atoms with Gasteiger partial charge in [0, 0.05) is 0 Å². The lowest BCUT2D eigenvalue weighted by molar-refractivity contribution is 0.180. The lowest BCUT2D eigenvalue weighted by Gasteiger charge is -2.08. The van der Waals surface area contributed by atoms with Gasteiger partial charge in [-0.15, -0.1) is 0 Å². The van der Waals surface area contributed by atoms with Crippen LogP contribution in [0, 0.1) is 0 Å². The van der Waals surface area contributed by atoms with Gasteiger partial charge in [-0.1, -0.05) is 161 Å². The van der Waals surface area contributed by atoms with Crippen LogP contribution in [0.2, 0.25) is 0 Å². The third kappa shape index (κ3) is 29.8. The van der Waals surface area contributed by atoms with Crippen LogP contribution in [-0.2, 0) is 10.1 Å². The molecule has 0 rings (SSSR count). The fourth-order valence-electron chi connectivity index (χ4n) is 4.67. The van der Waals surface area contributed by atoms with Crippen molar-refractivity contribution in [1.29, 1.82) is 0 Å². The Morgan fingerprint density at radius 3 is 0.970 bits per heavy atom. The van der Waals surface area contributed by atoms with Crippen LogP contribution in [0.15, 0.2) is 0 Å². The van der Waals surface area contributed by atoms with Gasteiger partial charge < -0.3 is 5.11 Å². The van der Waals surface area contributed by atoms with Gasteiger partial charge in [-0.05, 0) is 6.42 Å². The molecule has 0 aliphatic heterocycles. The van der Waals surface area contributed by atoms with E-state index in [0.29, 0.717) is 6.42 Å². The summed E-state index contributed by atoms with van der Waals surface area (Å²) < 4.78 is 30.0. The van der Waals surface area contributed by atoms with E-state index >= 15 is 0 Å². The van der Waals surface area contributed by atoms with E-state index in [1.54, 1.807) is 0 Å². The number of rotatable bonds is 27. The summed E-state index contributed by atoms with van der Waals surface area (Å²) in [5, 5.41) is 9.52. The minimum Gasteiger partial charge on any atom is -0.392 e. The third-order valence-corrected chi connectivity index (χ3v) is 7.60. The van der Waals surface area contributed by atoms with Crippen molar-refractivity contribution in [3.8, 4) is 0 Å². The minimum absolute atomic E-state index is 0.457. The van der Waals surface area contributed by atoms with Gasteiger partial charge >= 0.3 is 0 Å². The molecule has 0 amide bonds. The summed E-state index contributed by atoms with van der Waals surface area (Å²) in [5.41, 5.74) is 0. The first-order valence-corrected chi connectivity index (χ1v) is 16.2. The molecule has 0 aliphatic rings. The quantitative estimate of drug-likeness (QED) is 0.0889. The highest BCUT2D eigenvalue weighted by Gasteiger charge is 2.13. The second kappa shape index (κ2) is 25.0. The van der Waals surface area contributed by atoms with Gasteiger partial charge in [0.25, 0.3) is 10.1 Å². The highest BCUT2D eigenvalue weighted by Crippen LogP contribution is 2.16.